The van der Waals surface area contributed by atoms with Crippen molar-refractivity contribution in [2.45, 2.75) is 25.4 Å². The third-order valence-corrected chi connectivity index (χ3v) is 6.66. The standard InChI is InChI=1S/C23H21F3N6O4/c24-23(25,26)13-1-3-14(4-2-13)29-21-31-30-19(36-21)18(33)28-15-5-6-17(27-12-15)32-9-7-22(8-10-32)11-16(22)20(34)35/h1-6,12,16H,7-11H2,(H,28,33)(H,29,31)(H,34,35). The largest absolute Gasteiger partial charge is 0.481 e. The average Bonchev–Trinajstić information content (AvgIpc) is 3.34. The third-order valence-electron chi connectivity index (χ3n) is 6.66. The molecule has 0 bridgehead atoms. The number of carboxylic acid groups (broad SMARTS) is 1. The van der Waals surface area contributed by atoms with E-state index in [4.69, 9.17) is 4.42 Å². The van der Waals surface area contributed by atoms with Crippen molar-refractivity contribution >= 4 is 35.1 Å². The number of amides is 1. The van der Waals surface area contributed by atoms with Crippen LogP contribution in [0, 0.1) is 11.3 Å². The Morgan fingerprint density at radius 1 is 1.06 bits per heavy atom. The van der Waals surface area contributed by atoms with Crippen molar-refractivity contribution in [2.75, 3.05) is 28.6 Å². The molecule has 3 heterocycles. The van der Waals surface area contributed by atoms with Gasteiger partial charge in [0.25, 0.3) is 0 Å². The lowest BCUT2D eigenvalue weighted by Crippen LogP contribution is -2.36. The van der Waals surface area contributed by atoms with Gasteiger partial charge in [0, 0.05) is 18.8 Å². The van der Waals surface area contributed by atoms with Gasteiger partial charge in [-0.15, -0.1) is 5.10 Å². The number of alkyl halides is 3. The molecule has 13 heteroatoms. The Hall–Kier alpha value is -4.16. The lowest BCUT2D eigenvalue weighted by atomic mass is 9.91. The highest BCUT2D eigenvalue weighted by Crippen LogP contribution is 2.59. The lowest BCUT2D eigenvalue weighted by Gasteiger charge is -2.33. The number of anilines is 4. The maximum Gasteiger partial charge on any atom is 0.416 e. The van der Waals surface area contributed by atoms with Crippen LogP contribution in [0.2, 0.25) is 0 Å². The molecule has 2 aromatic heterocycles. The van der Waals surface area contributed by atoms with E-state index >= 15 is 0 Å². The molecule has 36 heavy (non-hydrogen) atoms. The summed E-state index contributed by atoms with van der Waals surface area (Å²) in [5, 5.41) is 21.8. The number of carboxylic acids is 1. The van der Waals surface area contributed by atoms with Crippen molar-refractivity contribution in [3.63, 3.8) is 0 Å². The minimum atomic E-state index is -4.44. The monoisotopic (exact) mass is 502 g/mol. The molecule has 3 N–H and O–H groups in total. The maximum absolute atomic E-state index is 12.7. The fourth-order valence-corrected chi connectivity index (χ4v) is 4.49. The molecule has 1 aliphatic carbocycles. The van der Waals surface area contributed by atoms with Crippen LogP contribution in [-0.2, 0) is 11.0 Å². The molecule has 3 aromatic rings. The van der Waals surface area contributed by atoms with Gasteiger partial charge in [0.2, 0.25) is 0 Å². The van der Waals surface area contributed by atoms with E-state index in [0.29, 0.717) is 5.69 Å². The van der Waals surface area contributed by atoms with E-state index in [-0.39, 0.29) is 28.9 Å². The van der Waals surface area contributed by atoms with Crippen molar-refractivity contribution in [1.82, 2.24) is 15.2 Å². The summed E-state index contributed by atoms with van der Waals surface area (Å²) in [5.41, 5.74) is -0.180. The fraction of sp³-hybridized carbons (Fsp3) is 0.348. The van der Waals surface area contributed by atoms with Gasteiger partial charge in [0.1, 0.15) is 5.82 Å². The van der Waals surface area contributed by atoms with E-state index in [1.807, 2.05) is 0 Å². The van der Waals surface area contributed by atoms with Crippen LogP contribution in [0.25, 0.3) is 0 Å². The Balaban J connectivity index is 1.14. The summed E-state index contributed by atoms with van der Waals surface area (Å²) >= 11 is 0. The van der Waals surface area contributed by atoms with E-state index in [1.165, 1.54) is 18.3 Å². The van der Waals surface area contributed by atoms with Crippen LogP contribution in [0.4, 0.5) is 36.4 Å². The van der Waals surface area contributed by atoms with Crippen LogP contribution < -0.4 is 15.5 Å². The molecule has 2 aliphatic rings. The van der Waals surface area contributed by atoms with E-state index in [1.54, 1.807) is 12.1 Å². The Morgan fingerprint density at radius 3 is 2.33 bits per heavy atom. The minimum absolute atomic E-state index is 0.0689. The fourth-order valence-electron chi connectivity index (χ4n) is 4.49. The molecule has 0 radical (unpaired) electrons. The second-order valence-electron chi connectivity index (χ2n) is 8.92. The molecule has 1 amide bonds. The first-order valence-corrected chi connectivity index (χ1v) is 11.2. The Labute approximate surface area is 202 Å². The van der Waals surface area contributed by atoms with Crippen LogP contribution in [-0.4, -0.2) is 45.3 Å². The van der Waals surface area contributed by atoms with Gasteiger partial charge in [-0.3, -0.25) is 9.59 Å². The summed E-state index contributed by atoms with van der Waals surface area (Å²) in [6.07, 6.45) is -0.591. The average molecular weight is 502 g/mol. The number of aromatic nitrogens is 3. The number of rotatable bonds is 6. The number of nitrogens with zero attached hydrogens (tertiary/aromatic N) is 4. The molecular weight excluding hydrogens is 481 g/mol. The number of nitrogens with one attached hydrogen (secondary N) is 2. The zero-order valence-electron chi connectivity index (χ0n) is 18.7. The summed E-state index contributed by atoms with van der Waals surface area (Å²) < 4.78 is 43.3. The van der Waals surface area contributed by atoms with E-state index in [0.717, 1.165) is 50.3 Å². The Bertz CT molecular complexity index is 1270. The first kappa shape index (κ1) is 23.6. The number of benzene rings is 1. The van der Waals surface area contributed by atoms with E-state index in [9.17, 15) is 27.9 Å². The molecule has 1 aromatic carbocycles. The topological polar surface area (TPSA) is 133 Å². The van der Waals surface area contributed by atoms with E-state index < -0.39 is 23.6 Å². The predicted octanol–water partition coefficient (Wildman–Crippen LogP) is 4.17. The highest BCUT2D eigenvalue weighted by atomic mass is 19.4. The van der Waals surface area contributed by atoms with Crippen molar-refractivity contribution < 1.29 is 32.3 Å². The summed E-state index contributed by atoms with van der Waals surface area (Å²) in [7, 11) is 0. The number of hydrogen-bond donors (Lipinski definition) is 3. The number of carbonyl (C=O) groups excluding carboxylic acids is 1. The van der Waals surface area contributed by atoms with Crippen molar-refractivity contribution in [3.8, 4) is 0 Å². The predicted molar refractivity (Wildman–Crippen MR) is 121 cm³/mol. The van der Waals surface area contributed by atoms with Crippen molar-refractivity contribution in [2.24, 2.45) is 11.3 Å². The number of carbonyl (C=O) groups is 2. The van der Waals surface area contributed by atoms with Gasteiger partial charge in [0.15, 0.2) is 0 Å². The number of halogens is 3. The van der Waals surface area contributed by atoms with Crippen LogP contribution in [0.15, 0.2) is 47.0 Å². The van der Waals surface area contributed by atoms with Crippen LogP contribution in [0.5, 0.6) is 0 Å². The van der Waals surface area contributed by atoms with Gasteiger partial charge in [-0.1, -0.05) is 5.10 Å². The zero-order chi connectivity index (χ0) is 25.5. The van der Waals surface area contributed by atoms with Crippen LogP contribution in [0.1, 0.15) is 35.5 Å². The summed E-state index contributed by atoms with van der Waals surface area (Å²) in [6, 6.07) is 7.51. The van der Waals surface area contributed by atoms with E-state index in [2.05, 4.69) is 30.7 Å². The zero-order valence-corrected chi connectivity index (χ0v) is 18.7. The molecule has 188 valence electrons. The molecule has 1 atom stereocenters. The highest BCUT2D eigenvalue weighted by molar-refractivity contribution is 6.00. The molecule has 5 rings (SSSR count). The summed E-state index contributed by atoms with van der Waals surface area (Å²) in [6.45, 7) is 1.44. The van der Waals surface area contributed by atoms with Gasteiger partial charge in [-0.25, -0.2) is 4.98 Å². The first-order chi connectivity index (χ1) is 17.1. The number of piperidine rings is 1. The third kappa shape index (κ3) is 4.81. The lowest BCUT2D eigenvalue weighted by molar-refractivity contribution is -0.139. The highest BCUT2D eigenvalue weighted by Gasteiger charge is 2.58. The summed E-state index contributed by atoms with van der Waals surface area (Å²) in [4.78, 5) is 30.1. The molecule has 2 fully saturated rings. The van der Waals surface area contributed by atoms with Gasteiger partial charge < -0.3 is 25.1 Å². The normalized spacial score (nSPS) is 18.6. The Kier molecular flexibility index (Phi) is 5.77. The molecule has 1 saturated carbocycles. The number of pyridine rings is 1. The quantitative estimate of drug-likeness (QED) is 0.454. The van der Waals surface area contributed by atoms with Crippen LogP contribution in [0.3, 0.4) is 0 Å². The van der Waals surface area contributed by atoms with Crippen LogP contribution >= 0.6 is 0 Å². The van der Waals surface area contributed by atoms with Crippen molar-refractivity contribution in [1.29, 1.82) is 0 Å². The molecule has 10 nitrogen and oxygen atoms in total. The molecule has 1 saturated heterocycles. The molecular formula is C23H21F3N6O4. The second-order valence-corrected chi connectivity index (χ2v) is 8.92. The summed E-state index contributed by atoms with van der Waals surface area (Å²) in [5.74, 6) is -1.24. The maximum atomic E-state index is 12.7. The van der Waals surface area contributed by atoms with Gasteiger partial charge >= 0.3 is 30.0 Å². The van der Waals surface area contributed by atoms with Gasteiger partial charge in [-0.05, 0) is 61.1 Å². The smallest absolute Gasteiger partial charge is 0.416 e. The SMILES string of the molecule is O=C(Nc1ccc(N2CCC3(CC2)CC3C(=O)O)nc1)c1nnc(Nc2ccc(C(F)(F)F)cc2)o1. The second kappa shape index (κ2) is 8.81. The molecule has 1 unspecified atom stereocenters. The first-order valence-electron chi connectivity index (χ1n) is 11.2. The van der Waals surface area contributed by atoms with Gasteiger partial charge in [0.05, 0.1) is 23.4 Å². The number of aliphatic carboxylic acids is 1. The van der Waals surface area contributed by atoms with Gasteiger partial charge in [-0.2, -0.15) is 13.2 Å². The molecule has 1 aliphatic heterocycles. The minimum Gasteiger partial charge on any atom is -0.481 e. The Morgan fingerprint density at radius 2 is 1.75 bits per heavy atom. The van der Waals surface area contributed by atoms with Crippen molar-refractivity contribution in [3.05, 3.63) is 54.0 Å². The number of hydrogen-bond acceptors (Lipinski definition) is 8. The molecule has 1 spiro atoms.